The van der Waals surface area contributed by atoms with Gasteiger partial charge in [-0.15, -0.1) is 11.3 Å². The molecule has 0 bridgehead atoms. The van der Waals surface area contributed by atoms with E-state index in [2.05, 4.69) is 38.5 Å². The van der Waals surface area contributed by atoms with E-state index < -0.39 is 0 Å². The summed E-state index contributed by atoms with van der Waals surface area (Å²) in [6.07, 6.45) is 5.71. The van der Waals surface area contributed by atoms with Gasteiger partial charge in [0.25, 0.3) is 5.91 Å². The molecule has 1 N–H and O–H groups in total. The minimum absolute atomic E-state index is 0.126. The van der Waals surface area contributed by atoms with Crippen LogP contribution >= 0.6 is 11.3 Å². The van der Waals surface area contributed by atoms with E-state index in [9.17, 15) is 4.79 Å². The molecule has 182 valence electrons. The fourth-order valence-corrected chi connectivity index (χ4v) is 4.39. The highest BCUT2D eigenvalue weighted by atomic mass is 32.1. The standard InChI is InChI=1S/C27H31N5O2S/c1-18-6-7-24(34-9-8-31(3)4)13-25(18)27(33)30-19(2)20-10-21(23-14-29-32(5)16-23)12-22(11-20)26-15-28-17-35-26/h6-7,10-17,19H,8-9H2,1-5H3,(H,30,33)/t19-/m1/s1. The minimum Gasteiger partial charge on any atom is -0.492 e. The van der Waals surface area contributed by atoms with Crippen molar-refractivity contribution in [2.45, 2.75) is 19.9 Å². The van der Waals surface area contributed by atoms with Gasteiger partial charge in [0.2, 0.25) is 0 Å². The van der Waals surface area contributed by atoms with Gasteiger partial charge in [-0.05, 0) is 80.5 Å². The van der Waals surface area contributed by atoms with Crippen LogP contribution in [0.4, 0.5) is 0 Å². The smallest absolute Gasteiger partial charge is 0.252 e. The van der Waals surface area contributed by atoms with Crippen molar-refractivity contribution in [3.63, 3.8) is 0 Å². The lowest BCUT2D eigenvalue weighted by atomic mass is 9.97. The summed E-state index contributed by atoms with van der Waals surface area (Å²) < 4.78 is 7.63. The summed E-state index contributed by atoms with van der Waals surface area (Å²) in [4.78, 5) is 20.6. The van der Waals surface area contributed by atoms with E-state index in [1.54, 1.807) is 16.0 Å². The number of aromatic nitrogens is 3. The zero-order chi connectivity index (χ0) is 24.9. The molecule has 0 unspecified atom stereocenters. The van der Waals surface area contributed by atoms with E-state index in [1.807, 2.05) is 77.3 Å². The van der Waals surface area contributed by atoms with E-state index in [-0.39, 0.29) is 11.9 Å². The zero-order valence-electron chi connectivity index (χ0n) is 20.8. The molecule has 2 aromatic heterocycles. The molecule has 0 fully saturated rings. The van der Waals surface area contributed by atoms with Gasteiger partial charge in [-0.1, -0.05) is 6.07 Å². The summed E-state index contributed by atoms with van der Waals surface area (Å²) in [6.45, 7) is 5.31. The first-order valence-electron chi connectivity index (χ1n) is 11.5. The van der Waals surface area contributed by atoms with Gasteiger partial charge in [-0.2, -0.15) is 5.10 Å². The Balaban J connectivity index is 1.58. The number of amides is 1. The summed E-state index contributed by atoms with van der Waals surface area (Å²) in [5.41, 5.74) is 7.50. The number of rotatable bonds is 9. The number of hydrogen-bond acceptors (Lipinski definition) is 6. The highest BCUT2D eigenvalue weighted by Crippen LogP contribution is 2.32. The van der Waals surface area contributed by atoms with E-state index in [0.717, 1.165) is 39.2 Å². The number of benzene rings is 2. The second-order valence-electron chi connectivity index (χ2n) is 8.94. The molecule has 0 saturated heterocycles. The third-order valence-electron chi connectivity index (χ3n) is 5.82. The average molecular weight is 490 g/mol. The van der Waals surface area contributed by atoms with Crippen molar-refractivity contribution in [2.24, 2.45) is 7.05 Å². The number of carbonyl (C=O) groups excluding carboxylic acids is 1. The summed E-state index contributed by atoms with van der Waals surface area (Å²) in [6, 6.07) is 11.8. The molecule has 8 heteroatoms. The van der Waals surface area contributed by atoms with Crippen LogP contribution in [0.3, 0.4) is 0 Å². The lowest BCUT2D eigenvalue weighted by molar-refractivity contribution is 0.0938. The molecular formula is C27H31N5O2S. The molecule has 1 amide bonds. The quantitative estimate of drug-likeness (QED) is 0.360. The van der Waals surface area contributed by atoms with Crippen molar-refractivity contribution in [1.29, 1.82) is 0 Å². The minimum atomic E-state index is -0.205. The molecule has 0 saturated carbocycles. The molecule has 4 aromatic rings. The second-order valence-corrected chi connectivity index (χ2v) is 9.82. The van der Waals surface area contributed by atoms with Crippen molar-refractivity contribution in [2.75, 3.05) is 27.2 Å². The Morgan fingerprint density at radius 1 is 1.14 bits per heavy atom. The van der Waals surface area contributed by atoms with Crippen LogP contribution in [0.5, 0.6) is 5.75 Å². The molecule has 7 nitrogen and oxygen atoms in total. The molecular weight excluding hydrogens is 458 g/mol. The second kappa shape index (κ2) is 10.8. The molecule has 0 aliphatic carbocycles. The van der Waals surface area contributed by atoms with Gasteiger partial charge in [0.15, 0.2) is 0 Å². The number of likely N-dealkylation sites (N-methyl/N-ethyl adjacent to an activating group) is 1. The van der Waals surface area contributed by atoms with E-state index in [1.165, 1.54) is 0 Å². The maximum absolute atomic E-state index is 13.3. The Bertz CT molecular complexity index is 1300. The van der Waals surface area contributed by atoms with Crippen molar-refractivity contribution in [3.8, 4) is 27.3 Å². The third-order valence-corrected chi connectivity index (χ3v) is 6.64. The largest absolute Gasteiger partial charge is 0.492 e. The molecule has 2 heterocycles. The van der Waals surface area contributed by atoms with Gasteiger partial charge in [-0.3, -0.25) is 14.5 Å². The Kier molecular flexibility index (Phi) is 7.63. The first-order valence-corrected chi connectivity index (χ1v) is 12.4. The number of hydrogen-bond donors (Lipinski definition) is 1. The fourth-order valence-electron chi connectivity index (χ4n) is 3.78. The molecule has 35 heavy (non-hydrogen) atoms. The number of thiazole rings is 1. The van der Waals surface area contributed by atoms with Crippen LogP contribution in [0.2, 0.25) is 0 Å². The Labute approximate surface area is 210 Å². The topological polar surface area (TPSA) is 72.3 Å². The summed E-state index contributed by atoms with van der Waals surface area (Å²) >= 11 is 1.59. The Morgan fingerprint density at radius 3 is 2.63 bits per heavy atom. The molecule has 1 atom stereocenters. The van der Waals surface area contributed by atoms with E-state index in [0.29, 0.717) is 17.9 Å². The molecule has 0 radical (unpaired) electrons. The van der Waals surface area contributed by atoms with Gasteiger partial charge in [-0.25, -0.2) is 0 Å². The van der Waals surface area contributed by atoms with Crippen molar-refractivity contribution >= 4 is 17.2 Å². The monoisotopic (exact) mass is 489 g/mol. The Hall–Kier alpha value is -3.49. The molecule has 4 rings (SSSR count). The van der Waals surface area contributed by atoms with Crippen molar-refractivity contribution in [1.82, 2.24) is 25.0 Å². The van der Waals surface area contributed by atoms with Crippen LogP contribution < -0.4 is 10.1 Å². The van der Waals surface area contributed by atoms with Gasteiger partial charge in [0.05, 0.1) is 22.6 Å². The highest BCUT2D eigenvalue weighted by molar-refractivity contribution is 7.13. The third kappa shape index (κ3) is 6.15. The van der Waals surface area contributed by atoms with Crippen molar-refractivity contribution < 1.29 is 9.53 Å². The number of nitrogens with zero attached hydrogens (tertiary/aromatic N) is 4. The number of nitrogens with one attached hydrogen (secondary N) is 1. The lowest BCUT2D eigenvalue weighted by Gasteiger charge is -2.18. The van der Waals surface area contributed by atoms with Crippen LogP contribution in [0.1, 0.15) is 34.5 Å². The van der Waals surface area contributed by atoms with Crippen LogP contribution in [-0.4, -0.2) is 52.8 Å². The molecule has 0 aliphatic rings. The normalized spacial score (nSPS) is 12.1. The maximum Gasteiger partial charge on any atom is 0.252 e. The van der Waals surface area contributed by atoms with Crippen LogP contribution in [0, 0.1) is 6.92 Å². The van der Waals surface area contributed by atoms with E-state index >= 15 is 0 Å². The first-order chi connectivity index (χ1) is 16.8. The van der Waals surface area contributed by atoms with Gasteiger partial charge >= 0.3 is 0 Å². The number of ether oxygens (including phenoxy) is 1. The molecule has 0 spiro atoms. The number of carbonyl (C=O) groups is 1. The van der Waals surface area contributed by atoms with Crippen LogP contribution in [0.15, 0.2) is 60.5 Å². The van der Waals surface area contributed by atoms with Gasteiger partial charge < -0.3 is 15.0 Å². The lowest BCUT2D eigenvalue weighted by Crippen LogP contribution is -2.27. The predicted molar refractivity (Wildman–Crippen MR) is 141 cm³/mol. The predicted octanol–water partition coefficient (Wildman–Crippen LogP) is 4.95. The summed E-state index contributed by atoms with van der Waals surface area (Å²) in [5, 5.41) is 7.49. The van der Waals surface area contributed by atoms with Gasteiger partial charge in [0, 0.05) is 37.1 Å². The SMILES string of the molecule is Cc1ccc(OCCN(C)C)cc1C(=O)N[C@H](C)c1cc(-c2cnn(C)c2)cc(-c2cncs2)c1. The molecule has 0 aliphatic heterocycles. The van der Waals surface area contributed by atoms with E-state index in [4.69, 9.17) is 4.74 Å². The number of aryl methyl sites for hydroxylation is 2. The summed E-state index contributed by atoms with van der Waals surface area (Å²) in [5.74, 6) is 0.570. The fraction of sp³-hybridized carbons (Fsp3) is 0.296. The van der Waals surface area contributed by atoms with Crippen LogP contribution in [-0.2, 0) is 7.05 Å². The van der Waals surface area contributed by atoms with Gasteiger partial charge in [0.1, 0.15) is 12.4 Å². The van der Waals surface area contributed by atoms with Crippen LogP contribution in [0.25, 0.3) is 21.6 Å². The highest BCUT2D eigenvalue weighted by Gasteiger charge is 2.17. The summed E-state index contributed by atoms with van der Waals surface area (Å²) in [7, 11) is 5.91. The molecule has 2 aromatic carbocycles. The average Bonchev–Trinajstić information content (AvgIpc) is 3.52. The zero-order valence-corrected chi connectivity index (χ0v) is 21.6. The van der Waals surface area contributed by atoms with Crippen molar-refractivity contribution in [3.05, 3.63) is 77.2 Å². The first kappa shape index (κ1) is 24.6. The Morgan fingerprint density at radius 2 is 1.94 bits per heavy atom. The maximum atomic E-state index is 13.3.